The van der Waals surface area contributed by atoms with Crippen molar-refractivity contribution in [2.45, 2.75) is 6.92 Å². The van der Waals surface area contributed by atoms with Crippen molar-refractivity contribution in [2.75, 3.05) is 21.2 Å². The van der Waals surface area contributed by atoms with Crippen molar-refractivity contribution < 1.29 is 14.3 Å². The van der Waals surface area contributed by atoms with Crippen LogP contribution in [0.15, 0.2) is 47.3 Å². The average molecular weight is 353 g/mol. The van der Waals surface area contributed by atoms with Gasteiger partial charge in [-0.05, 0) is 49.4 Å². The number of rotatable bonds is 3. The van der Waals surface area contributed by atoms with Crippen molar-refractivity contribution in [1.29, 1.82) is 0 Å². The molecule has 7 heteroatoms. The van der Waals surface area contributed by atoms with Crippen LogP contribution in [0.2, 0.25) is 0 Å². The highest BCUT2D eigenvalue weighted by Gasteiger charge is 2.13. The number of fused-ring (bicyclic) bond motifs is 1. The summed E-state index contributed by atoms with van der Waals surface area (Å²) in [6.45, 7) is 1.77. The first-order chi connectivity index (χ1) is 12.4. The van der Waals surface area contributed by atoms with E-state index in [0.29, 0.717) is 33.9 Å². The number of aromatic nitrogens is 2. The maximum atomic E-state index is 13.0. The van der Waals surface area contributed by atoms with Crippen molar-refractivity contribution in [3.05, 3.63) is 58.6 Å². The number of hydrogen-bond acceptors (Lipinski definition) is 5. The molecule has 1 amide bonds. The second-order valence-corrected chi connectivity index (χ2v) is 5.94. The quantitative estimate of drug-likeness (QED) is 0.724. The Bertz CT molecular complexity index is 1020. The summed E-state index contributed by atoms with van der Waals surface area (Å²) < 4.78 is 11.9. The fourth-order valence-electron chi connectivity index (χ4n) is 2.57. The molecule has 26 heavy (non-hydrogen) atoms. The normalized spacial score (nSPS) is 10.6. The highest BCUT2D eigenvalue weighted by Crippen LogP contribution is 2.20. The standard InChI is InChI=1S/C19H19N3O4/c1-12-20-17-10-9-15(26-19(24)21(2)3)11-16(17)18(23)22(12)13-5-7-14(25-4)8-6-13/h5-11H,1-4H3. The van der Waals surface area contributed by atoms with Gasteiger partial charge in [-0.2, -0.15) is 0 Å². The lowest BCUT2D eigenvalue weighted by Gasteiger charge is -2.13. The molecule has 2 aromatic carbocycles. The Kier molecular flexibility index (Phi) is 4.62. The van der Waals surface area contributed by atoms with Gasteiger partial charge in [-0.1, -0.05) is 0 Å². The van der Waals surface area contributed by atoms with E-state index < -0.39 is 6.09 Å². The van der Waals surface area contributed by atoms with Crippen LogP contribution in [0.25, 0.3) is 16.6 Å². The number of ether oxygens (including phenoxy) is 2. The largest absolute Gasteiger partial charge is 0.497 e. The summed E-state index contributed by atoms with van der Waals surface area (Å²) in [7, 11) is 4.76. The van der Waals surface area contributed by atoms with E-state index in [-0.39, 0.29) is 5.56 Å². The van der Waals surface area contributed by atoms with E-state index in [9.17, 15) is 9.59 Å². The second kappa shape index (κ2) is 6.87. The summed E-state index contributed by atoms with van der Waals surface area (Å²) in [5.74, 6) is 1.55. The van der Waals surface area contributed by atoms with Gasteiger partial charge in [0.25, 0.3) is 5.56 Å². The van der Waals surface area contributed by atoms with E-state index in [1.54, 1.807) is 64.5 Å². The molecule has 1 heterocycles. The fourth-order valence-corrected chi connectivity index (χ4v) is 2.57. The molecule has 1 aromatic heterocycles. The van der Waals surface area contributed by atoms with E-state index in [1.807, 2.05) is 0 Å². The van der Waals surface area contributed by atoms with Crippen molar-refractivity contribution in [3.63, 3.8) is 0 Å². The predicted octanol–water partition coefficient (Wildman–Crippen LogP) is 2.76. The van der Waals surface area contributed by atoms with Gasteiger partial charge in [0.05, 0.1) is 23.7 Å². The maximum Gasteiger partial charge on any atom is 0.414 e. The molecule has 0 atom stereocenters. The van der Waals surface area contributed by atoms with Crippen LogP contribution in [-0.4, -0.2) is 41.7 Å². The SMILES string of the molecule is COc1ccc(-n2c(C)nc3ccc(OC(=O)N(C)C)cc3c2=O)cc1. The van der Waals surface area contributed by atoms with Crippen molar-refractivity contribution in [1.82, 2.24) is 14.5 Å². The van der Waals surface area contributed by atoms with Gasteiger partial charge in [0.2, 0.25) is 0 Å². The first-order valence-electron chi connectivity index (χ1n) is 7.97. The molecule has 0 saturated carbocycles. The van der Waals surface area contributed by atoms with Gasteiger partial charge >= 0.3 is 6.09 Å². The molecule has 7 nitrogen and oxygen atoms in total. The molecular weight excluding hydrogens is 334 g/mol. The third-order valence-corrected chi connectivity index (χ3v) is 3.91. The molecule has 0 aliphatic carbocycles. The topological polar surface area (TPSA) is 73.7 Å². The van der Waals surface area contributed by atoms with Gasteiger partial charge < -0.3 is 14.4 Å². The number of amides is 1. The predicted molar refractivity (Wildman–Crippen MR) is 98.3 cm³/mol. The Labute approximate surface area is 150 Å². The van der Waals surface area contributed by atoms with Crippen LogP contribution < -0.4 is 15.0 Å². The van der Waals surface area contributed by atoms with E-state index in [0.717, 1.165) is 0 Å². The first-order valence-corrected chi connectivity index (χ1v) is 7.97. The summed E-state index contributed by atoms with van der Waals surface area (Å²) in [4.78, 5) is 30.6. The number of benzene rings is 2. The number of nitrogens with zero attached hydrogens (tertiary/aromatic N) is 3. The van der Waals surface area contributed by atoms with E-state index >= 15 is 0 Å². The minimum Gasteiger partial charge on any atom is -0.497 e. The molecule has 0 bridgehead atoms. The zero-order valence-electron chi connectivity index (χ0n) is 15.0. The zero-order valence-corrected chi connectivity index (χ0v) is 15.0. The van der Waals surface area contributed by atoms with Crippen LogP contribution in [0.1, 0.15) is 5.82 Å². The van der Waals surface area contributed by atoms with Crippen molar-refractivity contribution >= 4 is 17.0 Å². The van der Waals surface area contributed by atoms with Gasteiger partial charge in [0.15, 0.2) is 0 Å². The minimum absolute atomic E-state index is 0.236. The molecule has 3 aromatic rings. The molecule has 0 unspecified atom stereocenters. The van der Waals surface area contributed by atoms with Gasteiger partial charge in [-0.15, -0.1) is 0 Å². The highest BCUT2D eigenvalue weighted by atomic mass is 16.6. The summed E-state index contributed by atoms with van der Waals surface area (Å²) in [6.07, 6.45) is -0.514. The first kappa shape index (κ1) is 17.5. The van der Waals surface area contributed by atoms with Gasteiger partial charge in [0, 0.05) is 14.1 Å². The third kappa shape index (κ3) is 3.23. The van der Waals surface area contributed by atoms with Crippen molar-refractivity contribution in [2.24, 2.45) is 0 Å². The lowest BCUT2D eigenvalue weighted by molar-refractivity contribution is 0.172. The summed E-state index contributed by atoms with van der Waals surface area (Å²) in [6, 6.07) is 12.0. The summed E-state index contributed by atoms with van der Waals surface area (Å²) >= 11 is 0. The number of carbonyl (C=O) groups excluding carboxylic acids is 1. The van der Waals surface area contributed by atoms with Crippen molar-refractivity contribution in [3.8, 4) is 17.2 Å². The Morgan fingerprint density at radius 3 is 2.35 bits per heavy atom. The Morgan fingerprint density at radius 1 is 1.08 bits per heavy atom. The van der Waals surface area contributed by atoms with Gasteiger partial charge in [-0.25, -0.2) is 9.78 Å². The van der Waals surface area contributed by atoms with Crippen LogP contribution in [-0.2, 0) is 0 Å². The molecular formula is C19H19N3O4. The lowest BCUT2D eigenvalue weighted by Crippen LogP contribution is -2.25. The molecule has 0 saturated heterocycles. The zero-order chi connectivity index (χ0) is 18.8. The number of methoxy groups -OCH3 is 1. The van der Waals surface area contributed by atoms with Crippen LogP contribution in [0.5, 0.6) is 11.5 Å². The Morgan fingerprint density at radius 2 is 1.73 bits per heavy atom. The molecule has 134 valence electrons. The van der Waals surface area contributed by atoms with Gasteiger partial charge in [-0.3, -0.25) is 9.36 Å². The summed E-state index contributed by atoms with van der Waals surface area (Å²) in [5, 5.41) is 0.371. The minimum atomic E-state index is -0.514. The number of hydrogen-bond donors (Lipinski definition) is 0. The number of aryl methyl sites for hydroxylation is 1. The Hall–Kier alpha value is -3.35. The number of carbonyl (C=O) groups is 1. The molecule has 0 aliphatic rings. The summed E-state index contributed by atoms with van der Waals surface area (Å²) in [5.41, 5.74) is 0.987. The monoisotopic (exact) mass is 353 g/mol. The van der Waals surface area contributed by atoms with Crippen LogP contribution >= 0.6 is 0 Å². The van der Waals surface area contributed by atoms with Crippen LogP contribution in [0.4, 0.5) is 4.79 Å². The van der Waals surface area contributed by atoms with Crippen LogP contribution in [0, 0.1) is 6.92 Å². The molecule has 0 radical (unpaired) electrons. The third-order valence-electron chi connectivity index (χ3n) is 3.91. The molecule has 0 N–H and O–H groups in total. The Balaban J connectivity index is 2.12. The lowest BCUT2D eigenvalue weighted by atomic mass is 10.2. The fraction of sp³-hybridized carbons (Fsp3) is 0.211. The molecule has 3 rings (SSSR count). The molecule has 0 fully saturated rings. The van der Waals surface area contributed by atoms with Gasteiger partial charge in [0.1, 0.15) is 17.3 Å². The van der Waals surface area contributed by atoms with E-state index in [2.05, 4.69) is 4.98 Å². The van der Waals surface area contributed by atoms with E-state index in [4.69, 9.17) is 9.47 Å². The van der Waals surface area contributed by atoms with E-state index in [1.165, 1.54) is 15.5 Å². The molecule has 0 aliphatic heterocycles. The highest BCUT2D eigenvalue weighted by molar-refractivity contribution is 5.81. The maximum absolute atomic E-state index is 13.0. The smallest absolute Gasteiger partial charge is 0.414 e. The average Bonchev–Trinajstić information content (AvgIpc) is 2.62. The van der Waals surface area contributed by atoms with Crippen LogP contribution in [0.3, 0.4) is 0 Å². The second-order valence-electron chi connectivity index (χ2n) is 5.94. The molecule has 0 spiro atoms.